The summed E-state index contributed by atoms with van der Waals surface area (Å²) in [5.41, 5.74) is -0.753. The second-order valence-electron chi connectivity index (χ2n) is 4.53. The van der Waals surface area contributed by atoms with E-state index in [0.29, 0.717) is 13.2 Å². The second-order valence-corrected chi connectivity index (χ2v) is 4.53. The van der Waals surface area contributed by atoms with Gasteiger partial charge in [0.25, 0.3) is 0 Å². The van der Waals surface area contributed by atoms with Gasteiger partial charge in [-0.1, -0.05) is 13.3 Å². The van der Waals surface area contributed by atoms with Gasteiger partial charge in [0, 0.05) is 12.6 Å². The van der Waals surface area contributed by atoms with Crippen LogP contribution in [0.4, 0.5) is 0 Å². The fourth-order valence-electron chi connectivity index (χ4n) is 1.54. The molecule has 0 bridgehead atoms. The molecule has 0 aromatic rings. The molecule has 0 saturated carbocycles. The van der Waals surface area contributed by atoms with Crippen LogP contribution in [0.5, 0.6) is 0 Å². The second kappa shape index (κ2) is 7.63. The van der Waals surface area contributed by atoms with Gasteiger partial charge in [0.15, 0.2) is 0 Å². The largest absolute Gasteiger partial charge is 0.468 e. The van der Waals surface area contributed by atoms with E-state index in [2.05, 4.69) is 12.2 Å². The van der Waals surface area contributed by atoms with Crippen molar-refractivity contribution in [1.82, 2.24) is 5.32 Å². The van der Waals surface area contributed by atoms with Gasteiger partial charge in [-0.25, -0.2) is 4.79 Å². The topological polar surface area (TPSA) is 47.6 Å². The average Bonchev–Trinajstić information content (AvgIpc) is 2.22. The summed E-state index contributed by atoms with van der Waals surface area (Å²) in [4.78, 5) is 11.7. The molecule has 0 aliphatic heterocycles. The molecular weight excluding hydrogens is 206 g/mol. The predicted octanol–water partition coefficient (Wildman–Crippen LogP) is 1.73. The van der Waals surface area contributed by atoms with Crippen LogP contribution >= 0.6 is 0 Å². The number of esters is 1. The highest BCUT2D eigenvalue weighted by Crippen LogP contribution is 2.09. The minimum absolute atomic E-state index is 0.207. The molecule has 0 rings (SSSR count). The maximum Gasteiger partial charge on any atom is 0.328 e. The maximum absolute atomic E-state index is 11.7. The highest BCUT2D eigenvalue weighted by molar-refractivity contribution is 5.80. The van der Waals surface area contributed by atoms with E-state index in [0.717, 1.165) is 12.8 Å². The lowest BCUT2D eigenvalue weighted by atomic mass is 10.0. The van der Waals surface area contributed by atoms with Crippen LogP contribution in [0.25, 0.3) is 0 Å². The number of ether oxygens (including phenoxy) is 2. The van der Waals surface area contributed by atoms with Crippen molar-refractivity contribution in [3.05, 3.63) is 0 Å². The Labute approximate surface area is 98.7 Å². The molecule has 96 valence electrons. The van der Waals surface area contributed by atoms with E-state index in [1.54, 1.807) is 0 Å². The summed E-state index contributed by atoms with van der Waals surface area (Å²) in [5, 5.41) is 3.18. The first kappa shape index (κ1) is 15.4. The van der Waals surface area contributed by atoms with Gasteiger partial charge in [-0.15, -0.1) is 0 Å². The summed E-state index contributed by atoms with van der Waals surface area (Å²) in [5.74, 6) is -0.280. The summed E-state index contributed by atoms with van der Waals surface area (Å²) in [6.45, 7) is 8.93. The molecule has 0 aliphatic carbocycles. The lowest BCUT2D eigenvalue weighted by Crippen LogP contribution is -2.56. The Hall–Kier alpha value is -0.610. The van der Waals surface area contributed by atoms with Gasteiger partial charge >= 0.3 is 5.97 Å². The number of hydrogen-bond donors (Lipinski definition) is 1. The molecule has 0 saturated heterocycles. The molecule has 0 spiro atoms. The number of carbonyl (C=O) groups is 1. The van der Waals surface area contributed by atoms with Crippen LogP contribution in [0, 0.1) is 0 Å². The monoisotopic (exact) mass is 231 g/mol. The maximum atomic E-state index is 11.7. The normalized spacial score (nSPS) is 14.9. The first-order valence-electron chi connectivity index (χ1n) is 5.90. The third kappa shape index (κ3) is 5.47. The van der Waals surface area contributed by atoms with Gasteiger partial charge in [0.05, 0.1) is 13.7 Å². The van der Waals surface area contributed by atoms with Gasteiger partial charge in [-0.3, -0.25) is 5.32 Å². The molecule has 0 aliphatic rings. The number of methoxy groups -OCH3 is 1. The smallest absolute Gasteiger partial charge is 0.328 e. The molecule has 1 N–H and O–H groups in total. The molecule has 1 atom stereocenters. The lowest BCUT2D eigenvalue weighted by Gasteiger charge is -2.29. The summed E-state index contributed by atoms with van der Waals surface area (Å²) in [6, 6.07) is 0.207. The Morgan fingerprint density at radius 3 is 2.50 bits per heavy atom. The summed E-state index contributed by atoms with van der Waals surface area (Å²) < 4.78 is 10.3. The van der Waals surface area contributed by atoms with Crippen molar-refractivity contribution in [3.8, 4) is 0 Å². The Kier molecular flexibility index (Phi) is 7.34. The van der Waals surface area contributed by atoms with Gasteiger partial charge in [-0.05, 0) is 27.2 Å². The fraction of sp³-hybridized carbons (Fsp3) is 0.917. The van der Waals surface area contributed by atoms with Crippen molar-refractivity contribution in [3.63, 3.8) is 0 Å². The number of carbonyl (C=O) groups excluding carboxylic acids is 1. The third-order valence-corrected chi connectivity index (χ3v) is 2.28. The average molecular weight is 231 g/mol. The number of hydrogen-bond acceptors (Lipinski definition) is 4. The molecule has 0 aromatic carbocycles. The fourth-order valence-corrected chi connectivity index (χ4v) is 1.54. The Balaban J connectivity index is 4.25. The van der Waals surface area contributed by atoms with Crippen molar-refractivity contribution in [2.24, 2.45) is 0 Å². The zero-order valence-electron chi connectivity index (χ0n) is 11.1. The van der Waals surface area contributed by atoms with Crippen molar-refractivity contribution in [2.75, 3.05) is 20.3 Å². The van der Waals surface area contributed by atoms with E-state index in [1.165, 1.54) is 7.11 Å². The number of nitrogens with one attached hydrogen (secondary N) is 1. The highest BCUT2D eigenvalue weighted by atomic mass is 16.5. The first-order chi connectivity index (χ1) is 7.46. The minimum atomic E-state index is -0.753. The molecule has 0 heterocycles. The first-order valence-corrected chi connectivity index (χ1v) is 5.90. The summed E-state index contributed by atoms with van der Waals surface area (Å²) >= 11 is 0. The van der Waals surface area contributed by atoms with Crippen LogP contribution < -0.4 is 5.32 Å². The molecule has 4 nitrogen and oxygen atoms in total. The highest BCUT2D eigenvalue weighted by Gasteiger charge is 2.35. The van der Waals surface area contributed by atoms with Crippen LogP contribution in [-0.2, 0) is 14.3 Å². The van der Waals surface area contributed by atoms with Crippen molar-refractivity contribution < 1.29 is 14.3 Å². The quantitative estimate of drug-likeness (QED) is 0.510. The standard InChI is InChI=1S/C12H25NO3/c1-6-7-8-16-9-12(4,11(14)15-5)13-10(2)3/h10,13H,6-9H2,1-5H3. The van der Waals surface area contributed by atoms with Crippen LogP contribution in [0.3, 0.4) is 0 Å². The van der Waals surface area contributed by atoms with E-state index in [-0.39, 0.29) is 12.0 Å². The Morgan fingerprint density at radius 2 is 2.06 bits per heavy atom. The van der Waals surface area contributed by atoms with Gasteiger partial charge in [0.1, 0.15) is 5.54 Å². The van der Waals surface area contributed by atoms with Crippen molar-refractivity contribution in [2.45, 2.75) is 52.1 Å². The third-order valence-electron chi connectivity index (χ3n) is 2.28. The zero-order chi connectivity index (χ0) is 12.6. The van der Waals surface area contributed by atoms with Crippen LogP contribution in [0.2, 0.25) is 0 Å². The number of rotatable bonds is 8. The van der Waals surface area contributed by atoms with Gasteiger partial charge in [0.2, 0.25) is 0 Å². The Bertz CT molecular complexity index is 206. The zero-order valence-corrected chi connectivity index (χ0v) is 11.1. The van der Waals surface area contributed by atoms with Crippen LogP contribution in [-0.4, -0.2) is 37.9 Å². The van der Waals surface area contributed by atoms with E-state index >= 15 is 0 Å². The van der Waals surface area contributed by atoms with Crippen LogP contribution in [0.1, 0.15) is 40.5 Å². The minimum Gasteiger partial charge on any atom is -0.468 e. The summed E-state index contributed by atoms with van der Waals surface area (Å²) in [6.07, 6.45) is 2.10. The molecule has 1 unspecified atom stereocenters. The molecule has 0 radical (unpaired) electrons. The molecule has 0 fully saturated rings. The summed E-state index contributed by atoms with van der Waals surface area (Å²) in [7, 11) is 1.40. The molecule has 16 heavy (non-hydrogen) atoms. The van der Waals surface area contributed by atoms with Crippen molar-refractivity contribution in [1.29, 1.82) is 0 Å². The SMILES string of the molecule is CCCCOCC(C)(NC(C)C)C(=O)OC. The Morgan fingerprint density at radius 1 is 1.44 bits per heavy atom. The molecule has 0 amide bonds. The molecule has 4 heteroatoms. The van der Waals surface area contributed by atoms with Crippen molar-refractivity contribution >= 4 is 5.97 Å². The van der Waals surface area contributed by atoms with Gasteiger partial charge < -0.3 is 9.47 Å². The van der Waals surface area contributed by atoms with Crippen LogP contribution in [0.15, 0.2) is 0 Å². The van der Waals surface area contributed by atoms with E-state index in [1.807, 2.05) is 20.8 Å². The van der Waals surface area contributed by atoms with E-state index < -0.39 is 5.54 Å². The van der Waals surface area contributed by atoms with E-state index in [9.17, 15) is 4.79 Å². The molecular formula is C12H25NO3. The lowest BCUT2D eigenvalue weighted by molar-refractivity contribution is -0.151. The van der Waals surface area contributed by atoms with E-state index in [4.69, 9.17) is 9.47 Å². The number of unbranched alkanes of at least 4 members (excludes halogenated alkanes) is 1. The van der Waals surface area contributed by atoms with Gasteiger partial charge in [-0.2, -0.15) is 0 Å². The molecule has 0 aromatic heterocycles. The predicted molar refractivity (Wildman–Crippen MR) is 64.4 cm³/mol.